The van der Waals surface area contributed by atoms with Gasteiger partial charge < -0.3 is 9.84 Å². The van der Waals surface area contributed by atoms with E-state index in [2.05, 4.69) is 0 Å². The first-order valence-corrected chi connectivity index (χ1v) is 10.7. The van der Waals surface area contributed by atoms with Gasteiger partial charge in [0.2, 0.25) is 10.0 Å². The zero-order valence-electron chi connectivity index (χ0n) is 14.5. The van der Waals surface area contributed by atoms with Gasteiger partial charge in [-0.25, -0.2) is 17.6 Å². The number of carboxylic acids is 1. The number of sulfonamides is 1. The van der Waals surface area contributed by atoms with Gasteiger partial charge in [0.1, 0.15) is 0 Å². The maximum absolute atomic E-state index is 14.1. The monoisotopic (exact) mass is 411 g/mol. The van der Waals surface area contributed by atoms with Gasteiger partial charge in [0.15, 0.2) is 11.6 Å². The molecule has 0 saturated carbocycles. The molecule has 9 heteroatoms. The van der Waals surface area contributed by atoms with E-state index >= 15 is 0 Å². The van der Waals surface area contributed by atoms with Crippen LogP contribution in [0.15, 0.2) is 41.3 Å². The lowest BCUT2D eigenvalue weighted by atomic mass is 10.0. The van der Waals surface area contributed by atoms with Crippen LogP contribution in [0.2, 0.25) is 0 Å². The van der Waals surface area contributed by atoms with Gasteiger partial charge in [0.25, 0.3) is 0 Å². The minimum atomic E-state index is -3.83. The van der Waals surface area contributed by atoms with Gasteiger partial charge in [-0.2, -0.15) is 16.1 Å². The highest BCUT2D eigenvalue weighted by Crippen LogP contribution is 2.30. The number of nitrogens with zero attached hydrogens (tertiary/aromatic N) is 1. The summed E-state index contributed by atoms with van der Waals surface area (Å²) in [5.41, 5.74) is 0.497. The lowest BCUT2D eigenvalue weighted by Crippen LogP contribution is -2.37. The summed E-state index contributed by atoms with van der Waals surface area (Å²) in [4.78, 5) is 11.4. The number of benzene rings is 2. The van der Waals surface area contributed by atoms with Crippen molar-refractivity contribution >= 4 is 27.8 Å². The van der Waals surface area contributed by atoms with E-state index in [1.54, 1.807) is 17.8 Å². The van der Waals surface area contributed by atoms with Crippen molar-refractivity contribution in [2.24, 2.45) is 0 Å². The van der Waals surface area contributed by atoms with Crippen LogP contribution in [-0.4, -0.2) is 55.5 Å². The zero-order chi connectivity index (χ0) is 19.6. The molecule has 0 unspecified atom stereocenters. The van der Waals surface area contributed by atoms with E-state index in [4.69, 9.17) is 4.74 Å². The summed E-state index contributed by atoms with van der Waals surface area (Å²) in [6.45, 7) is 0.744. The number of thioether (sulfide) groups is 1. The summed E-state index contributed by atoms with van der Waals surface area (Å²) in [5, 5.41) is 9.39. The Hall–Kier alpha value is -2.10. The predicted octanol–water partition coefficient (Wildman–Crippen LogP) is 2.94. The smallest absolute Gasteiger partial charge is 0.335 e. The van der Waals surface area contributed by atoms with Gasteiger partial charge in [0, 0.05) is 24.6 Å². The Labute approximate surface area is 161 Å². The largest absolute Gasteiger partial charge is 0.494 e. The second-order valence-corrected chi connectivity index (χ2v) is 9.08. The first kappa shape index (κ1) is 19.7. The Morgan fingerprint density at radius 1 is 1.15 bits per heavy atom. The van der Waals surface area contributed by atoms with E-state index in [0.717, 1.165) is 6.07 Å². The quantitative estimate of drug-likeness (QED) is 0.815. The second-order valence-electron chi connectivity index (χ2n) is 5.92. The van der Waals surface area contributed by atoms with Crippen molar-refractivity contribution in [2.75, 3.05) is 31.7 Å². The van der Waals surface area contributed by atoms with Gasteiger partial charge >= 0.3 is 5.97 Å². The molecule has 27 heavy (non-hydrogen) atoms. The van der Waals surface area contributed by atoms with Crippen molar-refractivity contribution in [2.45, 2.75) is 4.90 Å². The van der Waals surface area contributed by atoms with E-state index < -0.39 is 21.8 Å². The lowest BCUT2D eigenvalue weighted by molar-refractivity contribution is 0.0696. The molecule has 1 saturated heterocycles. The molecule has 0 aliphatic carbocycles. The number of rotatable bonds is 5. The minimum Gasteiger partial charge on any atom is -0.494 e. The molecule has 0 atom stereocenters. The number of halogens is 1. The van der Waals surface area contributed by atoms with Crippen molar-refractivity contribution in [3.05, 3.63) is 47.8 Å². The first-order valence-electron chi connectivity index (χ1n) is 8.13. The van der Waals surface area contributed by atoms with E-state index in [0.29, 0.717) is 35.7 Å². The van der Waals surface area contributed by atoms with Crippen molar-refractivity contribution in [3.8, 4) is 16.9 Å². The molecule has 1 aliphatic heterocycles. The molecule has 3 rings (SSSR count). The number of hydrogen-bond donors (Lipinski definition) is 1. The maximum Gasteiger partial charge on any atom is 0.335 e. The molecule has 144 valence electrons. The third-order valence-corrected chi connectivity index (χ3v) is 7.07. The number of aromatic carboxylic acids is 1. The third-order valence-electron chi connectivity index (χ3n) is 4.25. The topological polar surface area (TPSA) is 83.9 Å². The Balaban J connectivity index is 2.11. The van der Waals surface area contributed by atoms with Crippen LogP contribution in [0.25, 0.3) is 11.1 Å². The fourth-order valence-electron chi connectivity index (χ4n) is 2.82. The minimum absolute atomic E-state index is 0.0480. The van der Waals surface area contributed by atoms with Crippen molar-refractivity contribution in [1.82, 2.24) is 4.31 Å². The molecule has 0 radical (unpaired) electrons. The fourth-order valence-corrected chi connectivity index (χ4v) is 5.47. The molecule has 1 aliphatic rings. The Bertz CT molecular complexity index is 972. The molecule has 1 fully saturated rings. The van der Waals surface area contributed by atoms with E-state index in [1.807, 2.05) is 0 Å². The molecule has 2 aromatic rings. The Morgan fingerprint density at radius 2 is 1.85 bits per heavy atom. The van der Waals surface area contributed by atoms with Gasteiger partial charge in [-0.05, 0) is 41.5 Å². The summed E-state index contributed by atoms with van der Waals surface area (Å²) >= 11 is 1.67. The molecule has 0 spiro atoms. The standard InChI is InChI=1S/C18H18FNO5S2/c1-25-17-3-2-12(11-16(17)19)13-8-14(18(21)22)10-15(9-13)27(23,24)20-4-6-26-7-5-20/h2-3,8-11H,4-7H2,1H3,(H,21,22). The summed E-state index contributed by atoms with van der Waals surface area (Å²) in [6, 6.07) is 8.00. The predicted molar refractivity (Wildman–Crippen MR) is 101 cm³/mol. The number of hydrogen-bond acceptors (Lipinski definition) is 5. The molecule has 0 bridgehead atoms. The molecular weight excluding hydrogens is 393 g/mol. The number of carbonyl (C=O) groups is 1. The molecule has 0 amide bonds. The number of carboxylic acid groups (broad SMARTS) is 1. The van der Waals surface area contributed by atoms with Crippen LogP contribution in [0.5, 0.6) is 5.75 Å². The SMILES string of the molecule is COc1ccc(-c2cc(C(=O)O)cc(S(=O)(=O)N3CCSCC3)c2)cc1F. The summed E-state index contributed by atoms with van der Waals surface area (Å²) in [7, 11) is -2.50. The average Bonchev–Trinajstić information content (AvgIpc) is 2.68. The van der Waals surface area contributed by atoms with Crippen LogP contribution in [0.4, 0.5) is 4.39 Å². The highest BCUT2D eigenvalue weighted by molar-refractivity contribution is 7.99. The van der Waals surface area contributed by atoms with Crippen molar-refractivity contribution in [1.29, 1.82) is 0 Å². The van der Waals surface area contributed by atoms with Crippen LogP contribution in [0.3, 0.4) is 0 Å². The number of methoxy groups -OCH3 is 1. The fraction of sp³-hybridized carbons (Fsp3) is 0.278. The zero-order valence-corrected chi connectivity index (χ0v) is 16.1. The Kier molecular flexibility index (Phi) is 5.73. The van der Waals surface area contributed by atoms with E-state index in [9.17, 15) is 22.7 Å². The highest BCUT2D eigenvalue weighted by atomic mass is 32.2. The lowest BCUT2D eigenvalue weighted by Gasteiger charge is -2.26. The summed E-state index contributed by atoms with van der Waals surface area (Å²) < 4.78 is 46.2. The van der Waals surface area contributed by atoms with Crippen LogP contribution in [-0.2, 0) is 10.0 Å². The van der Waals surface area contributed by atoms with Crippen LogP contribution in [0, 0.1) is 5.82 Å². The van der Waals surface area contributed by atoms with E-state index in [1.165, 1.54) is 35.7 Å². The normalized spacial score (nSPS) is 15.5. The van der Waals surface area contributed by atoms with Crippen LogP contribution >= 0.6 is 11.8 Å². The van der Waals surface area contributed by atoms with Crippen LogP contribution < -0.4 is 4.74 Å². The molecule has 6 nitrogen and oxygen atoms in total. The Morgan fingerprint density at radius 3 is 2.44 bits per heavy atom. The summed E-state index contributed by atoms with van der Waals surface area (Å²) in [5.74, 6) is -0.445. The molecule has 0 aromatic heterocycles. The molecular formula is C18H18FNO5S2. The van der Waals surface area contributed by atoms with Crippen molar-refractivity contribution in [3.63, 3.8) is 0 Å². The summed E-state index contributed by atoms with van der Waals surface area (Å²) in [6.07, 6.45) is 0. The van der Waals surface area contributed by atoms with Gasteiger partial charge in [0.05, 0.1) is 17.6 Å². The van der Waals surface area contributed by atoms with E-state index in [-0.39, 0.29) is 16.2 Å². The maximum atomic E-state index is 14.1. The average molecular weight is 411 g/mol. The third kappa shape index (κ3) is 4.10. The van der Waals surface area contributed by atoms with Gasteiger partial charge in [-0.15, -0.1) is 0 Å². The highest BCUT2D eigenvalue weighted by Gasteiger charge is 2.27. The molecule has 1 heterocycles. The van der Waals surface area contributed by atoms with Crippen LogP contribution in [0.1, 0.15) is 10.4 Å². The van der Waals surface area contributed by atoms with Gasteiger partial charge in [-0.3, -0.25) is 0 Å². The van der Waals surface area contributed by atoms with Crippen molar-refractivity contribution < 1.29 is 27.4 Å². The first-order chi connectivity index (χ1) is 12.8. The number of ether oxygens (including phenoxy) is 1. The van der Waals surface area contributed by atoms with Gasteiger partial charge in [-0.1, -0.05) is 6.07 Å². The second kappa shape index (κ2) is 7.87. The molecule has 2 aromatic carbocycles. The molecule has 1 N–H and O–H groups in total.